The minimum atomic E-state index is -0.923. The van der Waals surface area contributed by atoms with Crippen LogP contribution in [0, 0.1) is 0 Å². The molecule has 160 valence electrons. The Kier molecular flexibility index (Phi) is 5.45. The molecule has 0 spiro atoms. The molecule has 7 nitrogen and oxygen atoms in total. The first-order chi connectivity index (χ1) is 14.7. The maximum absolute atomic E-state index is 11.8. The Morgan fingerprint density at radius 3 is 2.26 bits per heavy atom. The summed E-state index contributed by atoms with van der Waals surface area (Å²) in [6.07, 6.45) is 5.13. The predicted molar refractivity (Wildman–Crippen MR) is 118 cm³/mol. The van der Waals surface area contributed by atoms with Gasteiger partial charge in [0.1, 0.15) is 0 Å². The summed E-state index contributed by atoms with van der Waals surface area (Å²) in [4.78, 5) is 15.9. The average Bonchev–Trinajstić information content (AvgIpc) is 3.26. The fraction of sp³-hybridized carbons (Fsp3) is 0.348. The van der Waals surface area contributed by atoms with Gasteiger partial charge in [0, 0.05) is 35.5 Å². The van der Waals surface area contributed by atoms with E-state index < -0.39 is 30.1 Å². The molecule has 0 bridgehead atoms. The van der Waals surface area contributed by atoms with Gasteiger partial charge in [-0.25, -0.2) is 4.68 Å². The van der Waals surface area contributed by atoms with Gasteiger partial charge in [0.15, 0.2) is 0 Å². The summed E-state index contributed by atoms with van der Waals surface area (Å²) in [5, 5.41) is 14.5. The number of hydrogen-bond acceptors (Lipinski definition) is 5. The standard InChI is InChI=1S/C23H26BN3O4/c1-22(2)23(3,4)31-24(30-22)19(14-20(28)29)18-15-27(17-8-6-5-7-9-17)26-21(18)16-10-12-25-13-11-16/h5-13,15,19H,14H2,1-4H3,(H,28,29). The number of hydrogen-bond donors (Lipinski definition) is 1. The normalized spacial score (nSPS) is 18.1. The second kappa shape index (κ2) is 7.94. The predicted octanol–water partition coefficient (Wildman–Crippen LogP) is 4.12. The van der Waals surface area contributed by atoms with Crippen molar-refractivity contribution in [1.82, 2.24) is 14.8 Å². The molecule has 1 aliphatic rings. The monoisotopic (exact) mass is 419 g/mol. The van der Waals surface area contributed by atoms with Crippen LogP contribution >= 0.6 is 0 Å². The molecule has 4 rings (SSSR count). The number of pyridine rings is 1. The smallest absolute Gasteiger partial charge is 0.466 e. The van der Waals surface area contributed by atoms with Crippen LogP contribution in [0.4, 0.5) is 0 Å². The van der Waals surface area contributed by atoms with Crippen LogP contribution in [0.2, 0.25) is 0 Å². The van der Waals surface area contributed by atoms with Crippen molar-refractivity contribution in [2.45, 2.75) is 51.1 Å². The van der Waals surface area contributed by atoms with Crippen molar-refractivity contribution in [3.05, 3.63) is 66.6 Å². The summed E-state index contributed by atoms with van der Waals surface area (Å²) in [5.74, 6) is -1.47. The third kappa shape index (κ3) is 4.13. The quantitative estimate of drug-likeness (QED) is 0.605. The molecule has 1 unspecified atom stereocenters. The van der Waals surface area contributed by atoms with Crippen LogP contribution in [0.3, 0.4) is 0 Å². The maximum atomic E-state index is 11.8. The molecule has 8 heteroatoms. The van der Waals surface area contributed by atoms with Crippen molar-refractivity contribution < 1.29 is 19.2 Å². The number of carbonyl (C=O) groups is 1. The van der Waals surface area contributed by atoms with Gasteiger partial charge >= 0.3 is 13.1 Å². The molecular formula is C23H26BN3O4. The van der Waals surface area contributed by atoms with Crippen LogP contribution in [-0.4, -0.2) is 44.2 Å². The first-order valence-corrected chi connectivity index (χ1v) is 10.3. The number of aliphatic carboxylic acids is 1. The fourth-order valence-corrected chi connectivity index (χ4v) is 3.70. The second-order valence-electron chi connectivity index (χ2n) is 8.78. The van der Waals surface area contributed by atoms with Crippen LogP contribution in [0.1, 0.15) is 45.5 Å². The summed E-state index contributed by atoms with van der Waals surface area (Å²) in [7, 11) is -0.713. The van der Waals surface area contributed by atoms with E-state index in [4.69, 9.17) is 14.4 Å². The van der Waals surface area contributed by atoms with E-state index >= 15 is 0 Å². The zero-order chi connectivity index (χ0) is 22.2. The Hall–Kier alpha value is -2.97. The largest absolute Gasteiger partial charge is 0.481 e. The number of para-hydroxylation sites is 1. The van der Waals surface area contributed by atoms with Crippen molar-refractivity contribution in [3.63, 3.8) is 0 Å². The second-order valence-corrected chi connectivity index (χ2v) is 8.78. The van der Waals surface area contributed by atoms with E-state index in [9.17, 15) is 9.90 Å². The van der Waals surface area contributed by atoms with Gasteiger partial charge in [-0.1, -0.05) is 18.2 Å². The van der Waals surface area contributed by atoms with E-state index in [1.165, 1.54) is 0 Å². The molecule has 0 amide bonds. The van der Waals surface area contributed by atoms with Crippen molar-refractivity contribution in [2.24, 2.45) is 0 Å². The van der Waals surface area contributed by atoms with E-state index in [0.29, 0.717) is 5.69 Å². The molecule has 0 saturated carbocycles. The van der Waals surface area contributed by atoms with Crippen molar-refractivity contribution in [3.8, 4) is 16.9 Å². The highest BCUT2D eigenvalue weighted by Gasteiger charge is 2.54. The highest BCUT2D eigenvalue weighted by molar-refractivity contribution is 6.48. The van der Waals surface area contributed by atoms with Gasteiger partial charge in [-0.05, 0) is 52.0 Å². The van der Waals surface area contributed by atoms with Gasteiger partial charge in [-0.3, -0.25) is 9.78 Å². The molecule has 1 fully saturated rings. The lowest BCUT2D eigenvalue weighted by Crippen LogP contribution is -2.41. The summed E-state index contributed by atoms with van der Waals surface area (Å²) < 4.78 is 14.3. The van der Waals surface area contributed by atoms with E-state index in [-0.39, 0.29) is 6.42 Å². The van der Waals surface area contributed by atoms with Crippen LogP contribution in [0.5, 0.6) is 0 Å². The topological polar surface area (TPSA) is 86.5 Å². The molecule has 3 heterocycles. The zero-order valence-corrected chi connectivity index (χ0v) is 18.1. The van der Waals surface area contributed by atoms with Gasteiger partial charge < -0.3 is 14.4 Å². The highest BCUT2D eigenvalue weighted by atomic mass is 16.7. The van der Waals surface area contributed by atoms with Crippen LogP contribution in [-0.2, 0) is 14.1 Å². The van der Waals surface area contributed by atoms with Crippen molar-refractivity contribution in [2.75, 3.05) is 0 Å². The molecule has 1 saturated heterocycles. The molecule has 0 radical (unpaired) electrons. The Morgan fingerprint density at radius 1 is 1.06 bits per heavy atom. The molecule has 1 atom stereocenters. The van der Waals surface area contributed by atoms with E-state index in [2.05, 4.69) is 4.98 Å². The first-order valence-electron chi connectivity index (χ1n) is 10.3. The van der Waals surface area contributed by atoms with Crippen molar-refractivity contribution in [1.29, 1.82) is 0 Å². The molecular weight excluding hydrogens is 393 g/mol. The minimum absolute atomic E-state index is 0.143. The van der Waals surface area contributed by atoms with Gasteiger partial charge in [-0.2, -0.15) is 5.10 Å². The number of aromatic nitrogens is 3. The Bertz CT molecular complexity index is 1050. The SMILES string of the molecule is CC1(C)OB(C(CC(=O)O)c2cn(-c3ccccc3)nc2-c2ccncc2)OC1(C)C. The van der Waals surface area contributed by atoms with Gasteiger partial charge in [0.05, 0.1) is 29.0 Å². The maximum Gasteiger partial charge on any atom is 0.466 e. The molecule has 2 aromatic heterocycles. The minimum Gasteiger partial charge on any atom is -0.481 e. The lowest BCUT2D eigenvalue weighted by Gasteiger charge is -2.32. The summed E-state index contributed by atoms with van der Waals surface area (Å²) in [6.45, 7) is 7.84. The number of carboxylic acid groups (broad SMARTS) is 1. The Morgan fingerprint density at radius 2 is 1.68 bits per heavy atom. The summed E-state index contributed by atoms with van der Waals surface area (Å²) in [5.41, 5.74) is 2.04. The third-order valence-corrected chi connectivity index (χ3v) is 6.11. The third-order valence-electron chi connectivity index (χ3n) is 6.11. The highest BCUT2D eigenvalue weighted by Crippen LogP contribution is 2.43. The number of benzene rings is 1. The zero-order valence-electron chi connectivity index (χ0n) is 18.1. The van der Waals surface area contributed by atoms with Crippen LogP contribution in [0.25, 0.3) is 16.9 Å². The van der Waals surface area contributed by atoms with Gasteiger partial charge in [0.2, 0.25) is 0 Å². The number of rotatable bonds is 6. The molecule has 31 heavy (non-hydrogen) atoms. The Balaban J connectivity index is 1.84. The van der Waals surface area contributed by atoms with E-state index in [1.807, 2.05) is 76.4 Å². The Labute approximate surface area is 182 Å². The first kappa shape index (κ1) is 21.3. The van der Waals surface area contributed by atoms with E-state index in [0.717, 1.165) is 16.8 Å². The van der Waals surface area contributed by atoms with Gasteiger partial charge in [0.25, 0.3) is 0 Å². The summed E-state index contributed by atoms with van der Waals surface area (Å²) >= 11 is 0. The molecule has 3 aromatic rings. The molecule has 1 N–H and O–H groups in total. The lowest BCUT2D eigenvalue weighted by atomic mass is 9.66. The molecule has 0 aliphatic carbocycles. The number of nitrogens with zero attached hydrogens (tertiary/aromatic N) is 3. The van der Waals surface area contributed by atoms with Gasteiger partial charge in [-0.15, -0.1) is 0 Å². The van der Waals surface area contributed by atoms with Crippen LogP contribution < -0.4 is 0 Å². The number of carboxylic acids is 1. The average molecular weight is 419 g/mol. The fourth-order valence-electron chi connectivity index (χ4n) is 3.70. The lowest BCUT2D eigenvalue weighted by molar-refractivity contribution is -0.137. The molecule has 1 aromatic carbocycles. The van der Waals surface area contributed by atoms with Crippen LogP contribution in [0.15, 0.2) is 61.1 Å². The van der Waals surface area contributed by atoms with E-state index in [1.54, 1.807) is 17.1 Å². The molecule has 1 aliphatic heterocycles. The van der Waals surface area contributed by atoms with Crippen molar-refractivity contribution >= 4 is 13.1 Å². The summed E-state index contributed by atoms with van der Waals surface area (Å²) in [6, 6.07) is 13.4.